The summed E-state index contributed by atoms with van der Waals surface area (Å²) in [7, 11) is 0. The number of imide groups is 1. The van der Waals surface area contributed by atoms with E-state index in [1.165, 1.54) is 4.57 Å². The second-order valence-electron chi connectivity index (χ2n) is 4.19. The SMILES string of the molecule is CCc1ccn(C2CCC(=O)NC2=O)c(=O)c1Cl. The molecule has 0 saturated carbocycles. The summed E-state index contributed by atoms with van der Waals surface area (Å²) in [5.41, 5.74) is 0.371. The Morgan fingerprint density at radius 1 is 1.44 bits per heavy atom. The number of piperidine rings is 1. The molecule has 2 rings (SSSR count). The maximum absolute atomic E-state index is 12.0. The molecule has 1 aliphatic rings. The summed E-state index contributed by atoms with van der Waals surface area (Å²) in [6.07, 6.45) is 2.78. The molecule has 1 fully saturated rings. The highest BCUT2D eigenvalue weighted by Crippen LogP contribution is 2.19. The monoisotopic (exact) mass is 268 g/mol. The molecule has 1 atom stereocenters. The van der Waals surface area contributed by atoms with Crippen LogP contribution in [0.15, 0.2) is 17.1 Å². The molecule has 1 saturated heterocycles. The van der Waals surface area contributed by atoms with Gasteiger partial charge in [0.25, 0.3) is 5.56 Å². The van der Waals surface area contributed by atoms with Gasteiger partial charge in [-0.3, -0.25) is 19.7 Å². The number of pyridine rings is 1. The van der Waals surface area contributed by atoms with Gasteiger partial charge in [-0.2, -0.15) is 0 Å². The molecule has 0 aliphatic carbocycles. The number of nitrogens with one attached hydrogen (secondary N) is 1. The molecule has 5 nitrogen and oxygen atoms in total. The van der Waals surface area contributed by atoms with Crippen LogP contribution < -0.4 is 10.9 Å². The van der Waals surface area contributed by atoms with Gasteiger partial charge in [0.05, 0.1) is 0 Å². The summed E-state index contributed by atoms with van der Waals surface area (Å²) < 4.78 is 1.29. The van der Waals surface area contributed by atoms with E-state index in [0.29, 0.717) is 12.8 Å². The highest BCUT2D eigenvalue weighted by molar-refractivity contribution is 6.31. The molecule has 1 aliphatic heterocycles. The van der Waals surface area contributed by atoms with Crippen LogP contribution >= 0.6 is 11.6 Å². The average Bonchev–Trinajstić information content (AvgIpc) is 2.34. The molecule has 1 aromatic heterocycles. The van der Waals surface area contributed by atoms with E-state index in [1.54, 1.807) is 12.3 Å². The Morgan fingerprint density at radius 2 is 2.17 bits per heavy atom. The Balaban J connectivity index is 2.40. The summed E-state index contributed by atoms with van der Waals surface area (Å²) in [4.78, 5) is 34.8. The summed E-state index contributed by atoms with van der Waals surface area (Å²) >= 11 is 5.96. The van der Waals surface area contributed by atoms with Crippen molar-refractivity contribution in [3.8, 4) is 0 Å². The predicted octanol–water partition coefficient (Wildman–Crippen LogP) is 1.04. The molecule has 1 unspecified atom stereocenters. The van der Waals surface area contributed by atoms with Crippen LogP contribution in [0.5, 0.6) is 0 Å². The number of amides is 2. The Bertz CT molecular complexity index is 565. The van der Waals surface area contributed by atoms with Gasteiger partial charge in [0.15, 0.2) is 0 Å². The smallest absolute Gasteiger partial charge is 0.270 e. The molecule has 0 radical (unpaired) electrons. The predicted molar refractivity (Wildman–Crippen MR) is 66.5 cm³/mol. The topological polar surface area (TPSA) is 68.2 Å². The zero-order valence-corrected chi connectivity index (χ0v) is 10.7. The van der Waals surface area contributed by atoms with Crippen molar-refractivity contribution in [2.75, 3.05) is 0 Å². The van der Waals surface area contributed by atoms with E-state index in [1.807, 2.05) is 6.92 Å². The second kappa shape index (κ2) is 4.94. The standard InChI is InChI=1S/C12H13ClN2O3/c1-2-7-5-6-15(12(18)10(7)13)8-3-4-9(16)14-11(8)17/h5-6,8H,2-4H2,1H3,(H,14,16,17). The Morgan fingerprint density at radius 3 is 2.78 bits per heavy atom. The van der Waals surface area contributed by atoms with Crippen LogP contribution in [-0.2, 0) is 16.0 Å². The normalized spacial score (nSPS) is 19.8. The van der Waals surface area contributed by atoms with E-state index >= 15 is 0 Å². The third-order valence-electron chi connectivity index (χ3n) is 3.07. The molecule has 18 heavy (non-hydrogen) atoms. The third kappa shape index (κ3) is 2.18. The van der Waals surface area contributed by atoms with Crippen molar-refractivity contribution >= 4 is 23.4 Å². The number of nitrogens with zero attached hydrogens (tertiary/aromatic N) is 1. The van der Waals surface area contributed by atoms with Crippen LogP contribution in [0, 0.1) is 0 Å². The van der Waals surface area contributed by atoms with E-state index in [0.717, 1.165) is 5.56 Å². The summed E-state index contributed by atoms with van der Waals surface area (Å²) in [5.74, 6) is -0.755. The first-order chi connectivity index (χ1) is 8.54. The van der Waals surface area contributed by atoms with Crippen molar-refractivity contribution in [2.24, 2.45) is 0 Å². The molecule has 0 spiro atoms. The van der Waals surface area contributed by atoms with Crippen LogP contribution in [-0.4, -0.2) is 16.4 Å². The largest absolute Gasteiger partial charge is 0.302 e. The minimum Gasteiger partial charge on any atom is -0.302 e. The summed E-state index contributed by atoms with van der Waals surface area (Å²) in [5, 5.41) is 2.37. The van der Waals surface area contributed by atoms with Gasteiger partial charge in [-0.1, -0.05) is 18.5 Å². The fourth-order valence-electron chi connectivity index (χ4n) is 2.03. The van der Waals surface area contributed by atoms with Gasteiger partial charge in [0.1, 0.15) is 11.1 Å². The molecule has 1 aromatic rings. The zero-order chi connectivity index (χ0) is 13.3. The molecule has 1 N–H and O–H groups in total. The van der Waals surface area contributed by atoms with Crippen LogP contribution in [0.4, 0.5) is 0 Å². The van der Waals surface area contributed by atoms with Crippen molar-refractivity contribution in [1.29, 1.82) is 0 Å². The van der Waals surface area contributed by atoms with Gasteiger partial charge in [-0.15, -0.1) is 0 Å². The average molecular weight is 269 g/mol. The molecular formula is C12H13ClN2O3. The van der Waals surface area contributed by atoms with Gasteiger partial charge in [-0.25, -0.2) is 0 Å². The number of aryl methyl sites for hydroxylation is 1. The van der Waals surface area contributed by atoms with Crippen LogP contribution in [0.3, 0.4) is 0 Å². The van der Waals surface area contributed by atoms with Gasteiger partial charge < -0.3 is 4.57 Å². The first-order valence-corrected chi connectivity index (χ1v) is 6.15. The fraction of sp³-hybridized carbons (Fsp3) is 0.417. The third-order valence-corrected chi connectivity index (χ3v) is 3.47. The van der Waals surface area contributed by atoms with Crippen molar-refractivity contribution in [1.82, 2.24) is 9.88 Å². The highest BCUT2D eigenvalue weighted by Gasteiger charge is 2.29. The molecule has 96 valence electrons. The lowest BCUT2D eigenvalue weighted by Gasteiger charge is -2.23. The quantitative estimate of drug-likeness (QED) is 0.815. The van der Waals surface area contributed by atoms with Crippen LogP contribution in [0.25, 0.3) is 0 Å². The van der Waals surface area contributed by atoms with Gasteiger partial charge >= 0.3 is 0 Å². The minimum absolute atomic E-state index is 0.143. The Labute approximate surface area is 109 Å². The van der Waals surface area contributed by atoms with Crippen LogP contribution in [0.1, 0.15) is 31.4 Å². The maximum atomic E-state index is 12.0. The first-order valence-electron chi connectivity index (χ1n) is 5.77. The molecule has 2 amide bonds. The van der Waals surface area contributed by atoms with Crippen molar-refractivity contribution in [2.45, 2.75) is 32.2 Å². The van der Waals surface area contributed by atoms with Crippen molar-refractivity contribution in [3.63, 3.8) is 0 Å². The highest BCUT2D eigenvalue weighted by atomic mass is 35.5. The molecule has 0 bridgehead atoms. The van der Waals surface area contributed by atoms with E-state index in [9.17, 15) is 14.4 Å². The molecule has 2 heterocycles. The van der Waals surface area contributed by atoms with E-state index in [2.05, 4.69) is 5.32 Å². The molecular weight excluding hydrogens is 256 g/mol. The number of hydrogen-bond acceptors (Lipinski definition) is 3. The van der Waals surface area contributed by atoms with Gasteiger partial charge in [0, 0.05) is 12.6 Å². The van der Waals surface area contributed by atoms with E-state index in [4.69, 9.17) is 11.6 Å². The second-order valence-corrected chi connectivity index (χ2v) is 4.57. The molecule has 0 aromatic carbocycles. The van der Waals surface area contributed by atoms with Crippen molar-refractivity contribution < 1.29 is 9.59 Å². The molecule has 6 heteroatoms. The lowest BCUT2D eigenvalue weighted by molar-refractivity contribution is -0.135. The lowest BCUT2D eigenvalue weighted by Crippen LogP contribution is -2.44. The number of aromatic nitrogens is 1. The first kappa shape index (κ1) is 12.8. The lowest BCUT2D eigenvalue weighted by atomic mass is 10.1. The minimum atomic E-state index is -0.654. The summed E-state index contributed by atoms with van der Waals surface area (Å²) in [6.45, 7) is 1.90. The summed E-state index contributed by atoms with van der Waals surface area (Å²) in [6, 6.07) is 1.08. The number of halogens is 1. The Hall–Kier alpha value is -1.62. The van der Waals surface area contributed by atoms with E-state index < -0.39 is 11.9 Å². The number of carbonyl (C=O) groups is 2. The number of carbonyl (C=O) groups excluding carboxylic acids is 2. The Kier molecular flexibility index (Phi) is 3.52. The van der Waals surface area contributed by atoms with Gasteiger partial charge in [0.2, 0.25) is 11.8 Å². The van der Waals surface area contributed by atoms with Crippen LogP contribution in [0.2, 0.25) is 5.02 Å². The fourth-order valence-corrected chi connectivity index (χ4v) is 2.32. The maximum Gasteiger partial charge on any atom is 0.270 e. The van der Waals surface area contributed by atoms with Crippen molar-refractivity contribution in [3.05, 3.63) is 33.2 Å². The number of hydrogen-bond donors (Lipinski definition) is 1. The zero-order valence-electron chi connectivity index (χ0n) is 9.90. The number of rotatable bonds is 2. The van der Waals surface area contributed by atoms with Gasteiger partial charge in [-0.05, 0) is 24.5 Å². The van der Waals surface area contributed by atoms with E-state index in [-0.39, 0.29) is 22.9 Å².